The molecule has 0 bridgehead atoms. The van der Waals surface area contributed by atoms with Crippen LogP contribution < -0.4 is 5.32 Å². The lowest BCUT2D eigenvalue weighted by Gasteiger charge is -2.11. The first-order valence-electron chi connectivity index (χ1n) is 5.76. The van der Waals surface area contributed by atoms with Crippen molar-refractivity contribution in [3.8, 4) is 0 Å². The molecule has 0 spiro atoms. The first kappa shape index (κ1) is 13.9. The fourth-order valence-corrected chi connectivity index (χ4v) is 2.01. The van der Waals surface area contributed by atoms with Crippen LogP contribution in [-0.4, -0.2) is 14.8 Å². The number of nitrogens with zero attached hydrogens (tertiary/aromatic N) is 3. The lowest BCUT2D eigenvalue weighted by Crippen LogP contribution is -2.12. The number of nitrogens with one attached hydrogen (secondary N) is 1. The van der Waals surface area contributed by atoms with Crippen molar-refractivity contribution in [1.82, 2.24) is 14.8 Å². The van der Waals surface area contributed by atoms with E-state index in [1.807, 2.05) is 13.8 Å². The van der Waals surface area contributed by atoms with Crippen LogP contribution in [0.4, 0.5) is 14.5 Å². The largest absolute Gasteiger partial charge is 0.375 e. The summed E-state index contributed by atoms with van der Waals surface area (Å²) in [6.07, 6.45) is 1.45. The van der Waals surface area contributed by atoms with Gasteiger partial charge in [-0.25, -0.2) is 18.4 Å². The minimum absolute atomic E-state index is 0.170. The second-order valence-electron chi connectivity index (χ2n) is 4.31. The number of halogens is 3. The molecule has 2 aromatic rings. The average Bonchev–Trinajstić information content (AvgIpc) is 2.80. The van der Waals surface area contributed by atoms with Gasteiger partial charge in [0.1, 0.15) is 23.8 Å². The highest BCUT2D eigenvalue weighted by Crippen LogP contribution is 2.24. The van der Waals surface area contributed by atoms with Crippen molar-refractivity contribution in [3.63, 3.8) is 0 Å². The standard InChI is InChI=1S/C12H13BrF2N4/c1-7(2)19-12(17-6-18-19)5-16-11-3-8(13)9(14)4-10(11)15/h3-4,6-7,16H,5H2,1-2H3. The van der Waals surface area contributed by atoms with Gasteiger partial charge in [0, 0.05) is 12.1 Å². The van der Waals surface area contributed by atoms with Gasteiger partial charge in [-0.05, 0) is 35.8 Å². The van der Waals surface area contributed by atoms with Crippen LogP contribution in [0, 0.1) is 11.6 Å². The van der Waals surface area contributed by atoms with Crippen molar-refractivity contribution >= 4 is 21.6 Å². The fourth-order valence-electron chi connectivity index (χ4n) is 1.66. The Morgan fingerprint density at radius 1 is 1.32 bits per heavy atom. The molecule has 0 aliphatic heterocycles. The van der Waals surface area contributed by atoms with Gasteiger partial charge in [-0.2, -0.15) is 5.10 Å². The summed E-state index contributed by atoms with van der Waals surface area (Å²) in [6, 6.07) is 2.37. The topological polar surface area (TPSA) is 42.7 Å². The number of rotatable bonds is 4. The van der Waals surface area contributed by atoms with Crippen molar-refractivity contribution < 1.29 is 8.78 Å². The van der Waals surface area contributed by atoms with Crippen molar-refractivity contribution in [2.75, 3.05) is 5.32 Å². The predicted octanol–water partition coefficient (Wildman–Crippen LogP) is 3.51. The molecule has 0 amide bonds. The Hall–Kier alpha value is -1.50. The molecule has 0 aliphatic rings. The normalized spacial score (nSPS) is 11.1. The third-order valence-corrected chi connectivity index (χ3v) is 3.19. The molecule has 0 radical (unpaired) electrons. The van der Waals surface area contributed by atoms with Crippen LogP contribution in [0.3, 0.4) is 0 Å². The summed E-state index contributed by atoms with van der Waals surface area (Å²) >= 11 is 3.02. The summed E-state index contributed by atoms with van der Waals surface area (Å²) in [7, 11) is 0. The third kappa shape index (κ3) is 3.09. The summed E-state index contributed by atoms with van der Waals surface area (Å²) in [5.74, 6) is -0.584. The second-order valence-corrected chi connectivity index (χ2v) is 5.17. The van der Waals surface area contributed by atoms with E-state index < -0.39 is 11.6 Å². The van der Waals surface area contributed by atoms with E-state index in [2.05, 4.69) is 31.3 Å². The molecule has 0 fully saturated rings. The molecule has 1 aromatic heterocycles. The molecule has 0 unspecified atom stereocenters. The molecule has 0 aliphatic carbocycles. The van der Waals surface area contributed by atoms with Crippen LogP contribution in [0.1, 0.15) is 25.7 Å². The number of aromatic nitrogens is 3. The Morgan fingerprint density at radius 2 is 2.05 bits per heavy atom. The average molecular weight is 331 g/mol. The highest BCUT2D eigenvalue weighted by atomic mass is 79.9. The van der Waals surface area contributed by atoms with Crippen LogP contribution in [0.2, 0.25) is 0 Å². The van der Waals surface area contributed by atoms with Crippen LogP contribution >= 0.6 is 15.9 Å². The van der Waals surface area contributed by atoms with Gasteiger partial charge in [0.15, 0.2) is 0 Å². The Bertz CT molecular complexity index is 583. The Balaban J connectivity index is 2.15. The van der Waals surface area contributed by atoms with E-state index in [1.54, 1.807) is 4.68 Å². The Labute approximate surface area is 118 Å². The smallest absolute Gasteiger partial charge is 0.149 e. The second kappa shape index (κ2) is 5.64. The van der Waals surface area contributed by atoms with Crippen LogP contribution in [-0.2, 0) is 6.54 Å². The van der Waals surface area contributed by atoms with Gasteiger partial charge in [-0.1, -0.05) is 0 Å². The summed E-state index contributed by atoms with van der Waals surface area (Å²) in [5, 5.41) is 6.97. The summed E-state index contributed by atoms with van der Waals surface area (Å²) < 4.78 is 28.6. The maximum Gasteiger partial charge on any atom is 0.149 e. The van der Waals surface area contributed by atoms with E-state index in [4.69, 9.17) is 0 Å². The minimum atomic E-state index is -0.642. The van der Waals surface area contributed by atoms with Crippen molar-refractivity contribution in [1.29, 1.82) is 0 Å². The molecule has 0 saturated carbocycles. The van der Waals surface area contributed by atoms with E-state index in [9.17, 15) is 8.78 Å². The molecule has 7 heteroatoms. The summed E-state index contributed by atoms with van der Waals surface area (Å²) in [6.45, 7) is 4.27. The van der Waals surface area contributed by atoms with Gasteiger partial charge in [-0.15, -0.1) is 0 Å². The molecule has 1 N–H and O–H groups in total. The zero-order valence-electron chi connectivity index (χ0n) is 10.5. The summed E-state index contributed by atoms with van der Waals surface area (Å²) in [5.41, 5.74) is 0.214. The summed E-state index contributed by atoms with van der Waals surface area (Å²) in [4.78, 5) is 4.10. The van der Waals surface area contributed by atoms with Crippen LogP contribution in [0.5, 0.6) is 0 Å². The molecule has 0 saturated heterocycles. The third-order valence-electron chi connectivity index (χ3n) is 2.58. The van der Waals surface area contributed by atoms with Gasteiger partial charge < -0.3 is 5.32 Å². The van der Waals surface area contributed by atoms with E-state index in [0.717, 1.165) is 6.07 Å². The molecule has 1 aromatic carbocycles. The first-order valence-corrected chi connectivity index (χ1v) is 6.55. The quantitative estimate of drug-likeness (QED) is 0.872. The zero-order chi connectivity index (χ0) is 14.0. The maximum absolute atomic E-state index is 13.6. The van der Waals surface area contributed by atoms with Crippen molar-refractivity contribution in [3.05, 3.63) is 40.4 Å². The van der Waals surface area contributed by atoms with Crippen LogP contribution in [0.25, 0.3) is 0 Å². The number of anilines is 1. The van der Waals surface area contributed by atoms with E-state index in [0.29, 0.717) is 12.4 Å². The minimum Gasteiger partial charge on any atom is -0.375 e. The highest BCUT2D eigenvalue weighted by molar-refractivity contribution is 9.10. The van der Waals surface area contributed by atoms with E-state index >= 15 is 0 Å². The molecular formula is C12H13BrF2N4. The number of hydrogen-bond acceptors (Lipinski definition) is 3. The lowest BCUT2D eigenvalue weighted by molar-refractivity contribution is 0.508. The zero-order valence-corrected chi connectivity index (χ0v) is 12.1. The van der Waals surface area contributed by atoms with Gasteiger partial charge >= 0.3 is 0 Å². The van der Waals surface area contributed by atoms with Crippen molar-refractivity contribution in [2.45, 2.75) is 26.4 Å². The lowest BCUT2D eigenvalue weighted by atomic mass is 10.3. The monoisotopic (exact) mass is 330 g/mol. The van der Waals surface area contributed by atoms with Gasteiger partial charge in [0.25, 0.3) is 0 Å². The number of hydrogen-bond donors (Lipinski definition) is 1. The SMILES string of the molecule is CC(C)n1ncnc1CNc1cc(Br)c(F)cc1F. The first-order chi connectivity index (χ1) is 8.99. The molecule has 2 rings (SSSR count). The van der Waals surface area contributed by atoms with Gasteiger partial charge in [0.2, 0.25) is 0 Å². The molecule has 0 atom stereocenters. The van der Waals surface area contributed by atoms with Gasteiger partial charge in [-0.3, -0.25) is 0 Å². The Morgan fingerprint density at radius 3 is 2.74 bits per heavy atom. The van der Waals surface area contributed by atoms with E-state index in [1.165, 1.54) is 12.4 Å². The predicted molar refractivity (Wildman–Crippen MR) is 71.8 cm³/mol. The molecule has 1 heterocycles. The number of benzene rings is 1. The molecule has 4 nitrogen and oxygen atoms in total. The van der Waals surface area contributed by atoms with Crippen molar-refractivity contribution in [2.24, 2.45) is 0 Å². The molecular weight excluding hydrogens is 318 g/mol. The van der Waals surface area contributed by atoms with Gasteiger partial charge in [0.05, 0.1) is 16.7 Å². The maximum atomic E-state index is 13.6. The molecule has 19 heavy (non-hydrogen) atoms. The van der Waals surface area contributed by atoms with E-state index in [-0.39, 0.29) is 16.2 Å². The van der Waals surface area contributed by atoms with Crippen LogP contribution in [0.15, 0.2) is 22.9 Å². The fraction of sp³-hybridized carbons (Fsp3) is 0.333. The Kier molecular flexibility index (Phi) is 4.14. The highest BCUT2D eigenvalue weighted by Gasteiger charge is 2.11. The molecule has 102 valence electrons.